The van der Waals surface area contributed by atoms with Crippen molar-refractivity contribution in [1.29, 1.82) is 0 Å². The fourth-order valence-corrected chi connectivity index (χ4v) is 1.81. The molecule has 0 fully saturated rings. The summed E-state index contributed by atoms with van der Waals surface area (Å²) in [7, 11) is 0. The lowest BCUT2D eigenvalue weighted by Crippen LogP contribution is -2.47. The average molecular weight is 296 g/mol. The molecule has 0 radical (unpaired) electrons. The van der Waals surface area contributed by atoms with Gasteiger partial charge in [0, 0.05) is 11.1 Å². The fraction of sp³-hybridized carbons (Fsp3) is 0. The molecule has 0 saturated carbocycles. The molecule has 0 atom stereocenters. The number of rotatable bonds is 2. The van der Waals surface area contributed by atoms with Crippen molar-refractivity contribution in [3.8, 4) is 0 Å². The molecule has 0 aliphatic carbocycles. The SMILES string of the molecule is NC(=O)C(=O)N(C(=O)c1ccccc1)C(=O)c1ccccc1. The lowest BCUT2D eigenvalue weighted by Gasteiger charge is -2.17. The van der Waals surface area contributed by atoms with Crippen LogP contribution >= 0.6 is 0 Å². The highest BCUT2D eigenvalue weighted by Gasteiger charge is 2.33. The highest BCUT2D eigenvalue weighted by molar-refractivity contribution is 6.42. The van der Waals surface area contributed by atoms with E-state index in [1.54, 1.807) is 36.4 Å². The van der Waals surface area contributed by atoms with Crippen LogP contribution in [0.4, 0.5) is 0 Å². The van der Waals surface area contributed by atoms with Crippen LogP contribution in [0.1, 0.15) is 20.7 Å². The molecule has 2 aromatic rings. The normalized spacial score (nSPS) is 9.82. The number of carbonyl (C=O) groups excluding carboxylic acids is 4. The predicted molar refractivity (Wildman–Crippen MR) is 77.6 cm³/mol. The number of benzene rings is 2. The quantitative estimate of drug-likeness (QED) is 0.659. The van der Waals surface area contributed by atoms with Crippen LogP contribution in [0.3, 0.4) is 0 Å². The van der Waals surface area contributed by atoms with E-state index in [0.29, 0.717) is 0 Å². The Morgan fingerprint density at radius 1 is 0.682 bits per heavy atom. The van der Waals surface area contributed by atoms with Gasteiger partial charge in [-0.2, -0.15) is 0 Å². The van der Waals surface area contributed by atoms with Crippen molar-refractivity contribution < 1.29 is 19.2 Å². The lowest BCUT2D eigenvalue weighted by atomic mass is 10.1. The fourth-order valence-electron chi connectivity index (χ4n) is 1.81. The first-order chi connectivity index (χ1) is 10.5. The van der Waals surface area contributed by atoms with Gasteiger partial charge in [0.15, 0.2) is 0 Å². The van der Waals surface area contributed by atoms with E-state index in [-0.39, 0.29) is 16.0 Å². The van der Waals surface area contributed by atoms with Crippen LogP contribution in [-0.2, 0) is 9.59 Å². The highest BCUT2D eigenvalue weighted by atomic mass is 16.2. The van der Waals surface area contributed by atoms with E-state index in [9.17, 15) is 19.2 Å². The second kappa shape index (κ2) is 6.45. The van der Waals surface area contributed by atoms with E-state index < -0.39 is 23.6 Å². The van der Waals surface area contributed by atoms with Crippen molar-refractivity contribution in [2.24, 2.45) is 5.73 Å². The van der Waals surface area contributed by atoms with Gasteiger partial charge in [-0.05, 0) is 24.3 Å². The van der Waals surface area contributed by atoms with Crippen molar-refractivity contribution in [2.75, 3.05) is 0 Å². The van der Waals surface area contributed by atoms with Gasteiger partial charge >= 0.3 is 11.8 Å². The third kappa shape index (κ3) is 3.06. The Labute approximate surface area is 126 Å². The molecule has 0 aromatic heterocycles. The maximum Gasteiger partial charge on any atom is 0.325 e. The van der Waals surface area contributed by atoms with E-state index >= 15 is 0 Å². The minimum absolute atomic E-state index is 0.0985. The summed E-state index contributed by atoms with van der Waals surface area (Å²) in [6.45, 7) is 0. The molecular formula is C16H12N2O4. The van der Waals surface area contributed by atoms with Gasteiger partial charge in [0.2, 0.25) is 0 Å². The summed E-state index contributed by atoms with van der Waals surface area (Å²) in [5, 5.41) is 0. The van der Waals surface area contributed by atoms with E-state index in [2.05, 4.69) is 0 Å². The molecule has 110 valence electrons. The second-order valence-corrected chi connectivity index (χ2v) is 4.35. The molecule has 2 rings (SSSR count). The number of nitrogens with zero attached hydrogens (tertiary/aromatic N) is 1. The third-order valence-electron chi connectivity index (χ3n) is 2.86. The molecule has 6 heteroatoms. The Morgan fingerprint density at radius 3 is 1.36 bits per heavy atom. The summed E-state index contributed by atoms with van der Waals surface area (Å²) >= 11 is 0. The summed E-state index contributed by atoms with van der Waals surface area (Å²) in [6.07, 6.45) is 0. The molecule has 0 bridgehead atoms. The number of hydrogen-bond acceptors (Lipinski definition) is 4. The number of hydrogen-bond donors (Lipinski definition) is 1. The number of nitrogens with two attached hydrogens (primary N) is 1. The monoisotopic (exact) mass is 296 g/mol. The summed E-state index contributed by atoms with van der Waals surface area (Å²) in [4.78, 5) is 48.0. The predicted octanol–water partition coefficient (Wildman–Crippen LogP) is 0.981. The van der Waals surface area contributed by atoms with Crippen molar-refractivity contribution in [2.45, 2.75) is 0 Å². The van der Waals surface area contributed by atoms with Crippen molar-refractivity contribution in [1.82, 2.24) is 4.90 Å². The molecule has 6 nitrogen and oxygen atoms in total. The van der Waals surface area contributed by atoms with Crippen molar-refractivity contribution in [3.63, 3.8) is 0 Å². The molecule has 0 spiro atoms. The number of amides is 4. The van der Waals surface area contributed by atoms with Crippen LogP contribution in [0, 0.1) is 0 Å². The standard InChI is InChI=1S/C16H12N2O4/c17-13(19)16(22)18(14(20)11-7-3-1-4-8-11)15(21)12-9-5-2-6-10-12/h1-10H,(H2,17,19). The largest absolute Gasteiger partial charge is 0.361 e. The van der Waals surface area contributed by atoms with Crippen LogP contribution in [0.5, 0.6) is 0 Å². The summed E-state index contributed by atoms with van der Waals surface area (Å²) in [5.41, 5.74) is 5.13. The Kier molecular flexibility index (Phi) is 4.43. The second-order valence-electron chi connectivity index (χ2n) is 4.35. The molecule has 2 N–H and O–H groups in total. The van der Waals surface area contributed by atoms with E-state index in [1.807, 2.05) is 0 Å². The summed E-state index contributed by atoms with van der Waals surface area (Å²) < 4.78 is 0. The molecule has 2 aromatic carbocycles. The molecule has 0 aliphatic rings. The lowest BCUT2D eigenvalue weighted by molar-refractivity contribution is -0.141. The van der Waals surface area contributed by atoms with E-state index in [1.165, 1.54) is 24.3 Å². The van der Waals surface area contributed by atoms with Gasteiger partial charge in [-0.15, -0.1) is 0 Å². The molecule has 0 heterocycles. The zero-order valence-corrected chi connectivity index (χ0v) is 11.4. The minimum atomic E-state index is -1.38. The highest BCUT2D eigenvalue weighted by Crippen LogP contribution is 2.11. The molecular weight excluding hydrogens is 284 g/mol. The maximum absolute atomic E-state index is 12.4. The zero-order chi connectivity index (χ0) is 16.1. The van der Waals surface area contributed by atoms with Gasteiger partial charge in [0.25, 0.3) is 11.8 Å². The van der Waals surface area contributed by atoms with Crippen molar-refractivity contribution in [3.05, 3.63) is 71.8 Å². The molecule has 22 heavy (non-hydrogen) atoms. The summed E-state index contributed by atoms with van der Waals surface area (Å²) in [6, 6.07) is 15.4. The Hall–Kier alpha value is -3.28. The molecule has 0 unspecified atom stereocenters. The first-order valence-electron chi connectivity index (χ1n) is 6.35. The number of carbonyl (C=O) groups is 4. The Balaban J connectivity index is 2.44. The Bertz CT molecular complexity index is 675. The van der Waals surface area contributed by atoms with Crippen LogP contribution in [0.15, 0.2) is 60.7 Å². The first kappa shape index (κ1) is 15.1. The first-order valence-corrected chi connectivity index (χ1v) is 6.35. The summed E-state index contributed by atoms with van der Waals surface area (Å²) in [5.74, 6) is -4.56. The average Bonchev–Trinajstić information content (AvgIpc) is 2.56. The van der Waals surface area contributed by atoms with Gasteiger partial charge in [0.05, 0.1) is 0 Å². The smallest absolute Gasteiger partial charge is 0.325 e. The van der Waals surface area contributed by atoms with Crippen LogP contribution in [0.25, 0.3) is 0 Å². The number of primary amides is 1. The van der Waals surface area contributed by atoms with Crippen molar-refractivity contribution >= 4 is 23.6 Å². The van der Waals surface area contributed by atoms with Gasteiger partial charge in [-0.1, -0.05) is 36.4 Å². The van der Waals surface area contributed by atoms with Gasteiger partial charge in [-0.3, -0.25) is 19.2 Å². The van der Waals surface area contributed by atoms with E-state index in [4.69, 9.17) is 5.73 Å². The van der Waals surface area contributed by atoms with Crippen LogP contribution in [0.2, 0.25) is 0 Å². The van der Waals surface area contributed by atoms with Gasteiger partial charge in [0.1, 0.15) is 0 Å². The molecule has 0 aliphatic heterocycles. The van der Waals surface area contributed by atoms with Crippen LogP contribution in [-0.4, -0.2) is 28.5 Å². The van der Waals surface area contributed by atoms with Gasteiger partial charge < -0.3 is 5.73 Å². The maximum atomic E-state index is 12.4. The minimum Gasteiger partial charge on any atom is -0.361 e. The third-order valence-corrected chi connectivity index (χ3v) is 2.86. The van der Waals surface area contributed by atoms with E-state index in [0.717, 1.165) is 0 Å². The zero-order valence-electron chi connectivity index (χ0n) is 11.4. The van der Waals surface area contributed by atoms with Gasteiger partial charge in [-0.25, -0.2) is 4.90 Å². The topological polar surface area (TPSA) is 97.5 Å². The molecule has 4 amide bonds. The number of imide groups is 3. The van der Waals surface area contributed by atoms with Crippen LogP contribution < -0.4 is 5.73 Å². The Morgan fingerprint density at radius 2 is 1.05 bits per heavy atom. The molecule has 0 saturated heterocycles.